The first kappa shape index (κ1) is 17.0. The first-order valence-corrected chi connectivity index (χ1v) is 9.71. The first-order valence-electron chi connectivity index (χ1n) is 7.44. The lowest BCUT2D eigenvalue weighted by Crippen LogP contribution is -2.29. The number of hydrogen-bond acceptors (Lipinski definition) is 4. The van der Waals surface area contributed by atoms with Crippen molar-refractivity contribution in [2.45, 2.75) is 31.7 Å². The summed E-state index contributed by atoms with van der Waals surface area (Å²) in [4.78, 5) is 5.85. The van der Waals surface area contributed by atoms with Crippen molar-refractivity contribution < 1.29 is 0 Å². The highest BCUT2D eigenvalue weighted by Crippen LogP contribution is 2.43. The molecule has 0 bridgehead atoms. The predicted molar refractivity (Wildman–Crippen MR) is 108 cm³/mol. The van der Waals surface area contributed by atoms with Gasteiger partial charge < -0.3 is 11.1 Å². The smallest absolute Gasteiger partial charge is 0.131 e. The van der Waals surface area contributed by atoms with Crippen LogP contribution in [-0.2, 0) is 0 Å². The lowest BCUT2D eigenvalue weighted by atomic mass is 9.88. The molecular weight excluding hydrogens is 441 g/mol. The molecule has 120 valence electrons. The normalized spacial score (nSPS) is 20.3. The SMILES string of the molecule is CC#CCNc1cc(Cl)nc2c(I)c([C@@H]3CC=CC[C@H]3N)sc12. The summed E-state index contributed by atoms with van der Waals surface area (Å²) >= 11 is 10.4. The number of nitrogens with two attached hydrogens (primary N) is 1. The van der Waals surface area contributed by atoms with Crippen molar-refractivity contribution in [1.29, 1.82) is 0 Å². The Balaban J connectivity index is 2.07. The van der Waals surface area contributed by atoms with Crippen molar-refractivity contribution in [3.63, 3.8) is 0 Å². The molecule has 2 aromatic heterocycles. The number of nitrogens with one attached hydrogen (secondary N) is 1. The monoisotopic (exact) mass is 457 g/mol. The summed E-state index contributed by atoms with van der Waals surface area (Å²) in [5, 5.41) is 3.85. The van der Waals surface area contributed by atoms with Gasteiger partial charge in [0.25, 0.3) is 0 Å². The molecular formula is C17H17ClIN3S. The largest absolute Gasteiger partial charge is 0.373 e. The summed E-state index contributed by atoms with van der Waals surface area (Å²) in [6.07, 6.45) is 6.32. The van der Waals surface area contributed by atoms with Crippen LogP contribution in [0.5, 0.6) is 0 Å². The molecule has 0 spiro atoms. The minimum Gasteiger partial charge on any atom is -0.373 e. The second-order valence-electron chi connectivity index (χ2n) is 5.44. The van der Waals surface area contributed by atoms with Crippen LogP contribution in [0.2, 0.25) is 5.15 Å². The van der Waals surface area contributed by atoms with Gasteiger partial charge in [-0.1, -0.05) is 29.7 Å². The van der Waals surface area contributed by atoms with Gasteiger partial charge >= 0.3 is 0 Å². The maximum Gasteiger partial charge on any atom is 0.131 e. The van der Waals surface area contributed by atoms with E-state index in [-0.39, 0.29) is 6.04 Å². The van der Waals surface area contributed by atoms with Gasteiger partial charge in [-0.05, 0) is 42.4 Å². The third-order valence-electron chi connectivity index (χ3n) is 3.94. The van der Waals surface area contributed by atoms with E-state index >= 15 is 0 Å². The van der Waals surface area contributed by atoms with E-state index in [4.69, 9.17) is 17.3 Å². The van der Waals surface area contributed by atoms with E-state index in [2.05, 4.69) is 56.9 Å². The molecule has 6 heteroatoms. The standard InChI is InChI=1S/C17H17ClIN3S/c1-2-3-8-21-12-9-13(18)22-15-14(19)16(23-17(12)15)10-6-4-5-7-11(10)20/h4-5,9-11H,6-8,20H2,1H3,(H,21,22)/t10-,11-/m1/s1. The summed E-state index contributed by atoms with van der Waals surface area (Å²) in [5.74, 6) is 6.27. The quantitative estimate of drug-likeness (QED) is 0.303. The van der Waals surface area contributed by atoms with Crippen LogP contribution in [0.15, 0.2) is 18.2 Å². The molecule has 0 saturated heterocycles. The molecule has 0 fully saturated rings. The molecule has 0 unspecified atom stereocenters. The van der Waals surface area contributed by atoms with Gasteiger partial charge in [0.15, 0.2) is 0 Å². The average Bonchev–Trinajstić information content (AvgIpc) is 2.85. The van der Waals surface area contributed by atoms with Gasteiger partial charge in [0.1, 0.15) is 5.15 Å². The molecule has 2 aromatic rings. The molecule has 0 saturated carbocycles. The highest BCUT2D eigenvalue weighted by Gasteiger charge is 2.27. The molecule has 0 aliphatic heterocycles. The van der Waals surface area contributed by atoms with Crippen molar-refractivity contribution in [3.8, 4) is 11.8 Å². The number of hydrogen-bond donors (Lipinski definition) is 2. The summed E-state index contributed by atoms with van der Waals surface area (Å²) in [6.45, 7) is 2.43. The van der Waals surface area contributed by atoms with Crippen LogP contribution in [0.1, 0.15) is 30.6 Å². The molecule has 23 heavy (non-hydrogen) atoms. The van der Waals surface area contributed by atoms with Crippen molar-refractivity contribution in [2.24, 2.45) is 5.73 Å². The summed E-state index contributed by atoms with van der Waals surface area (Å²) < 4.78 is 2.30. The van der Waals surface area contributed by atoms with E-state index in [1.165, 1.54) is 8.45 Å². The lowest BCUT2D eigenvalue weighted by molar-refractivity contribution is 0.527. The van der Waals surface area contributed by atoms with Crippen molar-refractivity contribution in [3.05, 3.63) is 31.8 Å². The topological polar surface area (TPSA) is 50.9 Å². The Morgan fingerprint density at radius 2 is 2.26 bits per heavy atom. The van der Waals surface area contributed by atoms with Gasteiger partial charge in [0.2, 0.25) is 0 Å². The van der Waals surface area contributed by atoms with Crippen LogP contribution in [0, 0.1) is 15.4 Å². The predicted octanol–water partition coefficient (Wildman–Crippen LogP) is 4.75. The van der Waals surface area contributed by atoms with Crippen molar-refractivity contribution in [2.75, 3.05) is 11.9 Å². The second-order valence-corrected chi connectivity index (χ2v) is 7.96. The van der Waals surface area contributed by atoms with Gasteiger partial charge in [-0.15, -0.1) is 17.3 Å². The summed E-state index contributed by atoms with van der Waals surface area (Å²) in [7, 11) is 0. The fourth-order valence-electron chi connectivity index (χ4n) is 2.76. The molecule has 1 aliphatic rings. The van der Waals surface area contributed by atoms with E-state index in [0.717, 1.165) is 28.7 Å². The zero-order valence-corrected chi connectivity index (χ0v) is 16.4. The Morgan fingerprint density at radius 3 is 3.00 bits per heavy atom. The van der Waals surface area contributed by atoms with Crippen LogP contribution in [0.3, 0.4) is 0 Å². The van der Waals surface area contributed by atoms with Crippen molar-refractivity contribution in [1.82, 2.24) is 4.98 Å². The Bertz CT molecular complexity index is 819. The Labute approximate surface area is 158 Å². The molecule has 1 aliphatic carbocycles. The maximum atomic E-state index is 6.34. The second kappa shape index (κ2) is 7.39. The van der Waals surface area contributed by atoms with Crippen LogP contribution in [0.4, 0.5) is 5.69 Å². The van der Waals surface area contributed by atoms with Crippen LogP contribution in [0.25, 0.3) is 10.2 Å². The first-order chi connectivity index (χ1) is 11.1. The van der Waals surface area contributed by atoms with E-state index in [1.807, 2.05) is 13.0 Å². The summed E-state index contributed by atoms with van der Waals surface area (Å²) in [5.41, 5.74) is 8.30. The number of rotatable bonds is 3. The molecule has 2 atom stereocenters. The molecule has 2 heterocycles. The number of nitrogens with zero attached hydrogens (tertiary/aromatic N) is 1. The zero-order valence-electron chi connectivity index (χ0n) is 12.7. The average molecular weight is 458 g/mol. The van der Waals surface area contributed by atoms with Gasteiger partial charge in [0, 0.05) is 22.9 Å². The Hall–Kier alpha value is -0.810. The number of allylic oxidation sites excluding steroid dienone is 1. The highest BCUT2D eigenvalue weighted by molar-refractivity contribution is 14.1. The number of fused-ring (bicyclic) bond motifs is 1. The molecule has 0 aromatic carbocycles. The minimum absolute atomic E-state index is 0.166. The van der Waals surface area contributed by atoms with Crippen LogP contribution >= 0.6 is 45.5 Å². The van der Waals surface area contributed by atoms with E-state index in [9.17, 15) is 0 Å². The Morgan fingerprint density at radius 1 is 1.48 bits per heavy atom. The highest BCUT2D eigenvalue weighted by atomic mass is 127. The van der Waals surface area contributed by atoms with Crippen molar-refractivity contribution >= 4 is 61.4 Å². The van der Waals surface area contributed by atoms with E-state index < -0.39 is 0 Å². The number of aromatic nitrogens is 1. The van der Waals surface area contributed by atoms with Gasteiger partial charge in [0.05, 0.1) is 26.0 Å². The molecule has 3 rings (SSSR count). The van der Waals surface area contributed by atoms with Crippen LogP contribution < -0.4 is 11.1 Å². The Kier molecular flexibility index (Phi) is 5.47. The number of thiophene rings is 1. The summed E-state index contributed by atoms with van der Waals surface area (Å²) in [6, 6.07) is 2.04. The van der Waals surface area contributed by atoms with Crippen LogP contribution in [-0.4, -0.2) is 17.6 Å². The molecule has 0 radical (unpaired) electrons. The van der Waals surface area contributed by atoms with Gasteiger partial charge in [-0.3, -0.25) is 0 Å². The number of pyridine rings is 1. The number of anilines is 1. The lowest BCUT2D eigenvalue weighted by Gasteiger charge is -2.24. The third-order valence-corrected chi connectivity index (χ3v) is 6.94. The fourth-order valence-corrected chi connectivity index (χ4v) is 5.57. The maximum absolute atomic E-state index is 6.34. The van der Waals surface area contributed by atoms with E-state index in [0.29, 0.717) is 17.6 Å². The molecule has 3 N–H and O–H groups in total. The fraction of sp³-hybridized carbons (Fsp3) is 0.353. The van der Waals surface area contributed by atoms with E-state index in [1.54, 1.807) is 11.3 Å². The van der Waals surface area contributed by atoms with Gasteiger partial charge in [-0.2, -0.15) is 0 Å². The number of halogens is 2. The molecule has 3 nitrogen and oxygen atoms in total. The zero-order chi connectivity index (χ0) is 16.4. The molecule has 0 amide bonds. The van der Waals surface area contributed by atoms with Gasteiger partial charge in [-0.25, -0.2) is 4.98 Å². The third kappa shape index (κ3) is 3.50. The minimum atomic E-state index is 0.166.